The van der Waals surface area contributed by atoms with Crippen molar-refractivity contribution in [3.05, 3.63) is 59.8 Å². The average Bonchev–Trinajstić information content (AvgIpc) is 3.51. The van der Waals surface area contributed by atoms with Gasteiger partial charge in [0, 0.05) is 36.4 Å². The Kier molecular flexibility index (Phi) is 6.86. The summed E-state index contributed by atoms with van der Waals surface area (Å²) in [5.74, 6) is -0.725. The lowest BCUT2D eigenvalue weighted by molar-refractivity contribution is -0.106. The highest BCUT2D eigenvalue weighted by Crippen LogP contribution is 2.45. The molecule has 1 atom stereocenters. The van der Waals surface area contributed by atoms with Gasteiger partial charge in [-0.25, -0.2) is 18.7 Å². The van der Waals surface area contributed by atoms with Crippen LogP contribution >= 0.6 is 11.6 Å². The van der Waals surface area contributed by atoms with Gasteiger partial charge in [0.2, 0.25) is 0 Å². The second-order valence-electron chi connectivity index (χ2n) is 11.8. The van der Waals surface area contributed by atoms with Crippen molar-refractivity contribution in [2.24, 2.45) is 0 Å². The van der Waals surface area contributed by atoms with E-state index in [1.54, 1.807) is 35.4 Å². The monoisotopic (exact) mass is 596 g/mol. The molecule has 0 aliphatic heterocycles. The van der Waals surface area contributed by atoms with Crippen LogP contribution in [0.1, 0.15) is 31.6 Å². The van der Waals surface area contributed by atoms with Crippen LogP contribution in [-0.2, 0) is 11.5 Å². The number of fused-ring (bicyclic) bond motifs is 2. The lowest BCUT2D eigenvalue weighted by Crippen LogP contribution is -2.38. The fraction of sp³-hybridized carbons (Fsp3) is 0.379. The van der Waals surface area contributed by atoms with Gasteiger partial charge in [0.1, 0.15) is 34.6 Å². The summed E-state index contributed by atoms with van der Waals surface area (Å²) >= 11 is 6.79. The first-order valence-electron chi connectivity index (χ1n) is 13.5. The highest BCUT2D eigenvalue weighted by atomic mass is 35.5. The highest BCUT2D eigenvalue weighted by Gasteiger charge is 2.46. The van der Waals surface area contributed by atoms with Crippen LogP contribution in [0.4, 0.5) is 8.78 Å². The fourth-order valence-electron chi connectivity index (χ4n) is 4.74. The molecule has 12 heteroatoms. The zero-order valence-corrected chi connectivity index (χ0v) is 25.3. The van der Waals surface area contributed by atoms with Crippen molar-refractivity contribution < 1.29 is 18.3 Å². The molecule has 0 radical (unpaired) electrons. The molecule has 3 aromatic heterocycles. The molecule has 0 spiro atoms. The van der Waals surface area contributed by atoms with Gasteiger partial charge in [-0.3, -0.25) is 9.67 Å². The molecule has 5 aromatic rings. The average molecular weight is 597 g/mol. The molecule has 6 rings (SSSR count). The van der Waals surface area contributed by atoms with E-state index in [2.05, 4.69) is 41.6 Å². The molecule has 1 aliphatic rings. The molecule has 1 fully saturated rings. The number of benzene rings is 2. The van der Waals surface area contributed by atoms with Gasteiger partial charge in [-0.2, -0.15) is 5.10 Å². The van der Waals surface area contributed by atoms with E-state index in [-0.39, 0.29) is 24.6 Å². The summed E-state index contributed by atoms with van der Waals surface area (Å²) in [6.45, 7) is 11.4. The Morgan fingerprint density at radius 3 is 2.59 bits per heavy atom. The Bertz CT molecular complexity index is 1760. The molecule has 0 amide bonds. The van der Waals surface area contributed by atoms with Crippen LogP contribution in [-0.4, -0.2) is 49.0 Å². The zero-order chi connectivity index (χ0) is 29.1. The van der Waals surface area contributed by atoms with Crippen molar-refractivity contribution in [2.45, 2.75) is 70.8 Å². The number of hydrogen-bond donors (Lipinski definition) is 0. The third kappa shape index (κ3) is 5.45. The van der Waals surface area contributed by atoms with E-state index in [1.807, 2.05) is 29.7 Å². The Labute approximate surface area is 242 Å². The zero-order valence-electron chi connectivity index (χ0n) is 23.5. The van der Waals surface area contributed by atoms with Crippen molar-refractivity contribution in [1.82, 2.24) is 29.3 Å². The summed E-state index contributed by atoms with van der Waals surface area (Å²) < 4.78 is 42.7. The minimum absolute atomic E-state index is 0.193. The number of aromatic nitrogens is 6. The van der Waals surface area contributed by atoms with Crippen molar-refractivity contribution in [3.63, 3.8) is 0 Å². The highest BCUT2D eigenvalue weighted by molar-refractivity contribution is 6.77. The molecule has 0 bridgehead atoms. The number of imidazole rings is 1. The van der Waals surface area contributed by atoms with Crippen LogP contribution in [0, 0.1) is 6.92 Å². The first kappa shape index (κ1) is 27.7. The molecule has 41 heavy (non-hydrogen) atoms. The van der Waals surface area contributed by atoms with Crippen LogP contribution in [0.25, 0.3) is 33.3 Å². The van der Waals surface area contributed by atoms with Crippen molar-refractivity contribution >= 4 is 41.7 Å². The predicted molar refractivity (Wildman–Crippen MR) is 157 cm³/mol. The van der Waals surface area contributed by atoms with Crippen LogP contribution in [0.3, 0.4) is 0 Å². The maximum atomic E-state index is 13.3. The Hall–Kier alpha value is -3.41. The van der Waals surface area contributed by atoms with Gasteiger partial charge in [-0.05, 0) is 38.1 Å². The van der Waals surface area contributed by atoms with Gasteiger partial charge in [0.25, 0.3) is 5.92 Å². The largest absolute Gasteiger partial charge is 0.456 e. The van der Waals surface area contributed by atoms with E-state index >= 15 is 0 Å². The third-order valence-corrected chi connectivity index (χ3v) is 10.7. The standard InChI is InChI=1S/C29H31ClF2N6O2Si/c1-17-35-22-7-6-21(10-25(22)37(17)16-39-18(2)41(3,4)5)40-26-9-8-23-28(27(26)30)36-24(14-33-23)19-13-34-38(15-19)20-11-29(31,32)12-20/h6-10,13-15,18,20H,11-12,16H2,1-5H3. The van der Waals surface area contributed by atoms with Gasteiger partial charge in [0.05, 0.1) is 48.8 Å². The quantitative estimate of drug-likeness (QED) is 0.170. The van der Waals surface area contributed by atoms with Crippen molar-refractivity contribution in [1.29, 1.82) is 0 Å². The number of nitrogens with zero attached hydrogens (tertiary/aromatic N) is 6. The molecule has 214 valence electrons. The van der Waals surface area contributed by atoms with E-state index in [1.165, 1.54) is 0 Å². The van der Waals surface area contributed by atoms with Crippen LogP contribution in [0.5, 0.6) is 11.5 Å². The minimum atomic E-state index is -2.62. The van der Waals surface area contributed by atoms with Crippen molar-refractivity contribution in [2.75, 3.05) is 0 Å². The van der Waals surface area contributed by atoms with Crippen LogP contribution in [0.15, 0.2) is 48.9 Å². The van der Waals surface area contributed by atoms with E-state index < -0.39 is 14.0 Å². The molecule has 3 heterocycles. The normalized spacial score (nSPS) is 16.3. The Balaban J connectivity index is 1.26. The molecule has 2 aromatic carbocycles. The second kappa shape index (κ2) is 10.1. The SMILES string of the molecule is Cc1nc2ccc(Oc3ccc4ncc(-c5cnn(C6CC(F)(F)C6)c5)nc4c3Cl)cc2n1COC(C)[Si](C)(C)C. The summed E-state index contributed by atoms with van der Waals surface area (Å²) in [4.78, 5) is 13.9. The van der Waals surface area contributed by atoms with Gasteiger partial charge in [-0.15, -0.1) is 0 Å². The minimum Gasteiger partial charge on any atom is -0.456 e. The fourth-order valence-corrected chi connectivity index (χ4v) is 5.56. The number of rotatable bonds is 8. The van der Waals surface area contributed by atoms with E-state index in [0.717, 1.165) is 16.9 Å². The Morgan fingerprint density at radius 1 is 1.10 bits per heavy atom. The lowest BCUT2D eigenvalue weighted by Gasteiger charge is -2.34. The smallest absolute Gasteiger partial charge is 0.252 e. The topological polar surface area (TPSA) is 79.9 Å². The number of alkyl halides is 2. The molecule has 1 aliphatic carbocycles. The number of ether oxygens (including phenoxy) is 2. The number of hydrogen-bond acceptors (Lipinski definition) is 6. The maximum absolute atomic E-state index is 13.3. The summed E-state index contributed by atoms with van der Waals surface area (Å²) in [6, 6.07) is 8.94. The van der Waals surface area contributed by atoms with Gasteiger partial charge < -0.3 is 14.0 Å². The molecule has 1 saturated carbocycles. The second-order valence-corrected chi connectivity index (χ2v) is 17.7. The summed E-state index contributed by atoms with van der Waals surface area (Å²) in [6.07, 6.45) is 4.54. The summed E-state index contributed by atoms with van der Waals surface area (Å²) in [5.41, 5.74) is 4.25. The number of halogens is 3. The van der Waals surface area contributed by atoms with Crippen molar-refractivity contribution in [3.8, 4) is 22.8 Å². The molecular formula is C29H31ClF2N6O2Si. The van der Waals surface area contributed by atoms with Gasteiger partial charge in [0.15, 0.2) is 0 Å². The van der Waals surface area contributed by atoms with Crippen LogP contribution in [0.2, 0.25) is 24.7 Å². The molecule has 8 nitrogen and oxygen atoms in total. The summed E-state index contributed by atoms with van der Waals surface area (Å²) in [7, 11) is -1.44. The molecule has 0 N–H and O–H groups in total. The summed E-state index contributed by atoms with van der Waals surface area (Å²) in [5, 5.41) is 4.59. The third-order valence-electron chi connectivity index (χ3n) is 7.77. The molecule has 0 saturated heterocycles. The predicted octanol–water partition coefficient (Wildman–Crippen LogP) is 7.81. The van der Waals surface area contributed by atoms with E-state index in [0.29, 0.717) is 45.5 Å². The van der Waals surface area contributed by atoms with E-state index in [9.17, 15) is 8.78 Å². The Morgan fingerprint density at radius 2 is 1.85 bits per heavy atom. The lowest BCUT2D eigenvalue weighted by atomic mass is 9.88. The maximum Gasteiger partial charge on any atom is 0.252 e. The molecule has 1 unspecified atom stereocenters. The van der Waals surface area contributed by atoms with Gasteiger partial charge in [-0.1, -0.05) is 31.2 Å². The first-order valence-corrected chi connectivity index (χ1v) is 17.5. The van der Waals surface area contributed by atoms with Gasteiger partial charge >= 0.3 is 0 Å². The molecular weight excluding hydrogens is 566 g/mol. The van der Waals surface area contributed by atoms with Crippen LogP contribution < -0.4 is 4.74 Å². The number of aryl methyl sites for hydroxylation is 1. The van der Waals surface area contributed by atoms with E-state index in [4.69, 9.17) is 26.1 Å². The first-order chi connectivity index (χ1) is 19.4.